The van der Waals surface area contributed by atoms with Crippen LogP contribution < -0.4 is 5.73 Å². The minimum absolute atomic E-state index is 0.0813. The van der Waals surface area contributed by atoms with Crippen LogP contribution in [0.15, 0.2) is 47.4 Å². The van der Waals surface area contributed by atoms with Crippen molar-refractivity contribution in [1.82, 2.24) is 4.90 Å². The Hall–Kier alpha value is -2.85. The Morgan fingerprint density at radius 2 is 1.71 bits per heavy atom. The van der Waals surface area contributed by atoms with Crippen LogP contribution in [0.5, 0.6) is 0 Å². The van der Waals surface area contributed by atoms with Crippen molar-refractivity contribution in [2.24, 2.45) is 5.73 Å². The molecule has 1 aliphatic heterocycles. The molecule has 0 saturated heterocycles. The number of halogens is 1. The van der Waals surface area contributed by atoms with E-state index in [-0.39, 0.29) is 24.2 Å². The molecule has 24 heavy (non-hydrogen) atoms. The van der Waals surface area contributed by atoms with Gasteiger partial charge in [0.2, 0.25) is 0 Å². The van der Waals surface area contributed by atoms with E-state index in [1.165, 1.54) is 24.0 Å². The van der Waals surface area contributed by atoms with Gasteiger partial charge in [0.15, 0.2) is 6.19 Å². The predicted molar refractivity (Wildman–Crippen MR) is 88.6 cm³/mol. The molecule has 0 fully saturated rings. The number of rotatable bonds is 3. The summed E-state index contributed by atoms with van der Waals surface area (Å²) in [5.41, 5.74) is 5.56. The number of hydrogen-bond acceptors (Lipinski definition) is 5. The van der Waals surface area contributed by atoms with E-state index in [0.29, 0.717) is 21.6 Å². The quantitative estimate of drug-likeness (QED) is 0.401. The summed E-state index contributed by atoms with van der Waals surface area (Å²) in [6, 6.07) is 11.5. The van der Waals surface area contributed by atoms with Crippen molar-refractivity contribution in [3.05, 3.63) is 65.0 Å². The van der Waals surface area contributed by atoms with Crippen molar-refractivity contribution < 1.29 is 14.0 Å². The van der Waals surface area contributed by atoms with E-state index < -0.39 is 0 Å². The molecule has 2 aromatic carbocycles. The topological polar surface area (TPSA) is 87.2 Å². The third-order valence-corrected chi connectivity index (χ3v) is 4.21. The van der Waals surface area contributed by atoms with Crippen molar-refractivity contribution in [1.29, 1.82) is 5.26 Å². The molecule has 0 aliphatic carbocycles. The molecule has 1 aliphatic rings. The molecular formula is C17H14FN3O2S. The van der Waals surface area contributed by atoms with Gasteiger partial charge in [-0.2, -0.15) is 5.26 Å². The van der Waals surface area contributed by atoms with Gasteiger partial charge in [-0.1, -0.05) is 18.2 Å². The first-order valence-electron chi connectivity index (χ1n) is 6.90. The Morgan fingerprint density at radius 3 is 2.17 bits per heavy atom. The van der Waals surface area contributed by atoms with Gasteiger partial charge in [0.25, 0.3) is 11.8 Å². The van der Waals surface area contributed by atoms with Gasteiger partial charge in [-0.15, -0.1) is 11.8 Å². The summed E-state index contributed by atoms with van der Waals surface area (Å²) >= 11 is 1.32. The molecule has 122 valence electrons. The second-order valence-corrected chi connectivity index (χ2v) is 5.69. The normalized spacial score (nSPS) is 12.3. The Bertz CT molecular complexity index is 798. The van der Waals surface area contributed by atoms with Crippen LogP contribution in [-0.4, -0.2) is 23.0 Å². The predicted octanol–water partition coefficient (Wildman–Crippen LogP) is 2.77. The number of carbonyl (C=O) groups is 2. The number of nitrogens with two attached hydrogens (primary N) is 1. The van der Waals surface area contributed by atoms with Crippen molar-refractivity contribution in [3.8, 4) is 6.19 Å². The molecule has 7 heteroatoms. The van der Waals surface area contributed by atoms with Crippen LogP contribution in [0.4, 0.5) is 4.39 Å². The fourth-order valence-electron chi connectivity index (χ4n) is 2.37. The fraction of sp³-hybridized carbons (Fsp3) is 0.118. The van der Waals surface area contributed by atoms with Gasteiger partial charge in [0, 0.05) is 4.90 Å². The Kier molecular flexibility index (Phi) is 5.55. The summed E-state index contributed by atoms with van der Waals surface area (Å²) in [5.74, 6) is -0.994. The number of nitrogens with zero attached hydrogens (tertiary/aromatic N) is 2. The molecule has 0 saturated carbocycles. The Balaban J connectivity index is 0.000000647. The molecule has 0 atom stereocenters. The van der Waals surface area contributed by atoms with Gasteiger partial charge in [-0.25, -0.2) is 4.39 Å². The Labute approximate surface area is 142 Å². The van der Waals surface area contributed by atoms with Gasteiger partial charge in [0.05, 0.1) is 17.7 Å². The molecule has 0 radical (unpaired) electrons. The highest BCUT2D eigenvalue weighted by Gasteiger charge is 2.34. The number of nitriles is 1. The third kappa shape index (κ3) is 3.39. The zero-order valence-electron chi connectivity index (χ0n) is 12.8. The highest BCUT2D eigenvalue weighted by molar-refractivity contribution is 7.98. The number of amides is 2. The molecule has 0 aromatic heterocycles. The maximum atomic E-state index is 13.8. The van der Waals surface area contributed by atoms with Crippen LogP contribution >= 0.6 is 11.8 Å². The fourth-order valence-corrected chi connectivity index (χ4v) is 2.83. The largest absolute Gasteiger partial charge is 0.337 e. The number of carbonyl (C=O) groups excluding carboxylic acids is 2. The van der Waals surface area contributed by atoms with Gasteiger partial charge < -0.3 is 5.73 Å². The zero-order chi connectivity index (χ0) is 17.7. The van der Waals surface area contributed by atoms with Crippen LogP contribution in [0.2, 0.25) is 0 Å². The number of benzene rings is 2. The summed E-state index contributed by atoms with van der Waals surface area (Å²) < 4.78 is 13.8. The maximum Gasteiger partial charge on any atom is 0.261 e. The maximum absolute atomic E-state index is 13.8. The van der Waals surface area contributed by atoms with Gasteiger partial charge in [-0.05, 0) is 36.1 Å². The van der Waals surface area contributed by atoms with Crippen LogP contribution in [0.25, 0.3) is 0 Å². The molecule has 3 rings (SSSR count). The lowest BCUT2D eigenvalue weighted by Gasteiger charge is -2.14. The molecule has 2 N–H and O–H groups in total. The summed E-state index contributed by atoms with van der Waals surface area (Å²) in [6.07, 6.45) is 3.04. The number of fused-ring (bicyclic) bond motifs is 1. The third-order valence-electron chi connectivity index (χ3n) is 3.44. The average Bonchev–Trinajstić information content (AvgIpc) is 2.81. The average molecular weight is 343 g/mol. The summed E-state index contributed by atoms with van der Waals surface area (Å²) in [5, 5.41) is 7.10. The van der Waals surface area contributed by atoms with Crippen molar-refractivity contribution in [2.45, 2.75) is 11.4 Å². The Morgan fingerprint density at radius 1 is 1.17 bits per heavy atom. The van der Waals surface area contributed by atoms with Crippen molar-refractivity contribution >= 4 is 23.6 Å². The second kappa shape index (κ2) is 7.62. The molecule has 2 aromatic rings. The van der Waals surface area contributed by atoms with E-state index in [1.54, 1.807) is 42.7 Å². The molecule has 5 nitrogen and oxygen atoms in total. The summed E-state index contributed by atoms with van der Waals surface area (Å²) in [6.45, 7) is 0.0813. The van der Waals surface area contributed by atoms with E-state index in [1.807, 2.05) is 0 Å². The number of hydrogen-bond donors (Lipinski definition) is 1. The minimum Gasteiger partial charge on any atom is -0.337 e. The zero-order valence-corrected chi connectivity index (χ0v) is 13.6. The van der Waals surface area contributed by atoms with Crippen LogP contribution in [-0.2, 0) is 6.54 Å². The lowest BCUT2D eigenvalue weighted by molar-refractivity contribution is 0.0642. The first kappa shape index (κ1) is 17.5. The van der Waals surface area contributed by atoms with Crippen molar-refractivity contribution in [2.75, 3.05) is 6.26 Å². The van der Waals surface area contributed by atoms with E-state index in [2.05, 4.69) is 5.73 Å². The monoisotopic (exact) mass is 343 g/mol. The first-order chi connectivity index (χ1) is 11.5. The van der Waals surface area contributed by atoms with E-state index in [9.17, 15) is 14.0 Å². The number of thioether (sulfide) groups is 1. The highest BCUT2D eigenvalue weighted by Crippen LogP contribution is 2.26. The van der Waals surface area contributed by atoms with E-state index >= 15 is 0 Å². The van der Waals surface area contributed by atoms with Crippen LogP contribution in [0.1, 0.15) is 26.3 Å². The first-order valence-corrected chi connectivity index (χ1v) is 8.13. The standard InChI is InChI=1S/C16H12FNO2S.CH2N2/c1-21-14-7-6-10(8-13(14)17)9-18-15(19)11-4-2-3-5-12(11)16(18)20;2-1-3/h2-8H,9H2,1H3;2H2. The van der Waals surface area contributed by atoms with Crippen LogP contribution in [0.3, 0.4) is 0 Å². The minimum atomic E-state index is -0.336. The lowest BCUT2D eigenvalue weighted by atomic mass is 10.1. The van der Waals surface area contributed by atoms with E-state index in [0.717, 1.165) is 4.90 Å². The molecular weight excluding hydrogens is 329 g/mol. The second-order valence-electron chi connectivity index (χ2n) is 4.84. The molecule has 1 heterocycles. The summed E-state index contributed by atoms with van der Waals surface area (Å²) in [4.78, 5) is 26.1. The lowest BCUT2D eigenvalue weighted by Crippen LogP contribution is -2.29. The van der Waals surface area contributed by atoms with Gasteiger partial charge in [-0.3, -0.25) is 14.5 Å². The smallest absolute Gasteiger partial charge is 0.261 e. The van der Waals surface area contributed by atoms with E-state index in [4.69, 9.17) is 5.26 Å². The molecule has 0 bridgehead atoms. The molecule has 2 amide bonds. The van der Waals surface area contributed by atoms with Crippen molar-refractivity contribution in [3.63, 3.8) is 0 Å². The molecule has 0 unspecified atom stereocenters. The van der Waals surface area contributed by atoms with Gasteiger partial charge >= 0.3 is 0 Å². The highest BCUT2D eigenvalue weighted by atomic mass is 32.2. The van der Waals surface area contributed by atoms with Gasteiger partial charge in [0.1, 0.15) is 5.82 Å². The SMILES string of the molecule is CSc1ccc(CN2C(=O)c3ccccc3C2=O)cc1F.N#CN. The number of imide groups is 1. The molecule has 0 spiro atoms. The van der Waals surface area contributed by atoms with Crippen LogP contribution in [0, 0.1) is 17.3 Å². The summed E-state index contributed by atoms with van der Waals surface area (Å²) in [7, 11) is 0.